The number of benzene rings is 1. The van der Waals surface area contributed by atoms with Gasteiger partial charge in [-0.1, -0.05) is 19.8 Å². The van der Waals surface area contributed by atoms with Crippen LogP contribution in [0.25, 0.3) is 0 Å². The van der Waals surface area contributed by atoms with E-state index in [1.807, 2.05) is 6.92 Å². The largest absolute Gasteiger partial charge is 0.497 e. The summed E-state index contributed by atoms with van der Waals surface area (Å²) in [4.78, 5) is 27.8. The van der Waals surface area contributed by atoms with E-state index >= 15 is 0 Å². The number of nitrogens with zero attached hydrogens (tertiary/aromatic N) is 1. The molecule has 3 rings (SSSR count). The highest BCUT2D eigenvalue weighted by Gasteiger charge is 2.35. The second kappa shape index (κ2) is 11.3. The van der Waals surface area contributed by atoms with Crippen LogP contribution in [0.5, 0.6) is 5.75 Å². The number of ether oxygens (including phenoxy) is 1. The van der Waals surface area contributed by atoms with Gasteiger partial charge < -0.3 is 19.4 Å². The van der Waals surface area contributed by atoms with Gasteiger partial charge in [0.15, 0.2) is 0 Å². The number of sulfonamides is 1. The Morgan fingerprint density at radius 1 is 1.18 bits per heavy atom. The number of furan rings is 1. The first kappa shape index (κ1) is 24.8. The molecular weight excluding hydrogens is 446 g/mol. The molecule has 33 heavy (non-hydrogen) atoms. The molecular formula is C23H31N3O6S. The van der Waals surface area contributed by atoms with E-state index in [1.54, 1.807) is 17.0 Å². The SMILES string of the molecule is CC[C@@H](C(=O)NCc1ccco1)N(C(=O)CNS(=O)(=O)c1ccc(OC)cc1)C1CCCC1. The maximum Gasteiger partial charge on any atom is 0.243 e. The Bertz CT molecular complexity index is 1010. The van der Waals surface area contributed by atoms with Crippen molar-refractivity contribution in [2.45, 2.75) is 62.6 Å². The molecule has 1 aliphatic rings. The molecule has 0 radical (unpaired) electrons. The zero-order chi connectivity index (χ0) is 23.8. The first-order valence-electron chi connectivity index (χ1n) is 11.1. The first-order valence-corrected chi connectivity index (χ1v) is 12.6. The average molecular weight is 478 g/mol. The summed E-state index contributed by atoms with van der Waals surface area (Å²) in [6.45, 7) is 1.64. The highest BCUT2D eigenvalue weighted by Crippen LogP contribution is 2.26. The lowest BCUT2D eigenvalue weighted by Crippen LogP contribution is -2.55. The van der Waals surface area contributed by atoms with Gasteiger partial charge in [0, 0.05) is 6.04 Å². The minimum Gasteiger partial charge on any atom is -0.497 e. The van der Waals surface area contributed by atoms with E-state index in [-0.39, 0.29) is 23.4 Å². The van der Waals surface area contributed by atoms with E-state index in [0.29, 0.717) is 17.9 Å². The van der Waals surface area contributed by atoms with Crippen LogP contribution in [0.4, 0.5) is 0 Å². The quantitative estimate of drug-likeness (QED) is 0.513. The van der Waals surface area contributed by atoms with Crippen LogP contribution in [0.3, 0.4) is 0 Å². The van der Waals surface area contributed by atoms with Crippen molar-refractivity contribution in [3.63, 3.8) is 0 Å². The second-order valence-electron chi connectivity index (χ2n) is 7.96. The molecule has 0 bridgehead atoms. The van der Waals surface area contributed by atoms with Crippen LogP contribution in [-0.4, -0.2) is 50.9 Å². The van der Waals surface area contributed by atoms with Crippen molar-refractivity contribution >= 4 is 21.8 Å². The summed E-state index contributed by atoms with van der Waals surface area (Å²) in [6, 6.07) is 8.62. The highest BCUT2D eigenvalue weighted by molar-refractivity contribution is 7.89. The molecule has 1 aromatic heterocycles. The summed E-state index contributed by atoms with van der Waals surface area (Å²) in [7, 11) is -2.40. The van der Waals surface area contributed by atoms with Gasteiger partial charge in [-0.25, -0.2) is 13.1 Å². The Balaban J connectivity index is 1.70. The number of amides is 2. The van der Waals surface area contributed by atoms with Crippen molar-refractivity contribution in [3.8, 4) is 5.75 Å². The highest BCUT2D eigenvalue weighted by atomic mass is 32.2. The molecule has 1 fully saturated rings. The summed E-state index contributed by atoms with van der Waals surface area (Å²) in [5, 5.41) is 2.83. The number of hydrogen-bond acceptors (Lipinski definition) is 6. The fraction of sp³-hybridized carbons (Fsp3) is 0.478. The van der Waals surface area contributed by atoms with Crippen LogP contribution in [0.2, 0.25) is 0 Å². The number of hydrogen-bond donors (Lipinski definition) is 2. The molecule has 9 nitrogen and oxygen atoms in total. The van der Waals surface area contributed by atoms with Crippen LogP contribution >= 0.6 is 0 Å². The van der Waals surface area contributed by atoms with Crippen molar-refractivity contribution in [2.75, 3.05) is 13.7 Å². The van der Waals surface area contributed by atoms with Crippen LogP contribution in [0.1, 0.15) is 44.8 Å². The van der Waals surface area contributed by atoms with Crippen LogP contribution in [-0.2, 0) is 26.2 Å². The minimum absolute atomic E-state index is 0.0340. The Morgan fingerprint density at radius 2 is 1.88 bits per heavy atom. The van der Waals surface area contributed by atoms with E-state index in [0.717, 1.165) is 25.7 Å². The predicted octanol–water partition coefficient (Wildman–Crippen LogP) is 2.43. The van der Waals surface area contributed by atoms with Gasteiger partial charge in [0.05, 0.1) is 31.4 Å². The fourth-order valence-corrected chi connectivity index (χ4v) is 5.09. The molecule has 0 spiro atoms. The van der Waals surface area contributed by atoms with Crippen molar-refractivity contribution < 1.29 is 27.2 Å². The Kier molecular flexibility index (Phi) is 8.51. The zero-order valence-electron chi connectivity index (χ0n) is 19.0. The molecule has 2 aromatic rings. The lowest BCUT2D eigenvalue weighted by molar-refractivity contribution is -0.142. The van der Waals surface area contributed by atoms with Crippen LogP contribution < -0.4 is 14.8 Å². The normalized spacial score (nSPS) is 15.2. The monoisotopic (exact) mass is 477 g/mol. The summed E-state index contributed by atoms with van der Waals surface area (Å²) in [5.41, 5.74) is 0. The van der Waals surface area contributed by atoms with Gasteiger partial charge in [0.2, 0.25) is 21.8 Å². The summed E-state index contributed by atoms with van der Waals surface area (Å²) in [6.07, 6.45) is 5.46. The lowest BCUT2D eigenvalue weighted by atomic mass is 10.1. The van der Waals surface area contributed by atoms with Gasteiger partial charge in [0.1, 0.15) is 17.6 Å². The van der Waals surface area contributed by atoms with Gasteiger partial charge in [-0.05, 0) is 55.7 Å². The molecule has 1 aromatic carbocycles. The van der Waals surface area contributed by atoms with Gasteiger partial charge in [0.25, 0.3) is 0 Å². The van der Waals surface area contributed by atoms with Gasteiger partial charge in [-0.15, -0.1) is 0 Å². The number of methoxy groups -OCH3 is 1. The average Bonchev–Trinajstić information content (AvgIpc) is 3.54. The number of rotatable bonds is 11. The molecule has 0 unspecified atom stereocenters. The molecule has 10 heteroatoms. The van der Waals surface area contributed by atoms with E-state index < -0.39 is 28.5 Å². The van der Waals surface area contributed by atoms with E-state index in [4.69, 9.17) is 9.15 Å². The summed E-state index contributed by atoms with van der Waals surface area (Å²) < 4.78 is 38.0. The Morgan fingerprint density at radius 3 is 2.45 bits per heavy atom. The number of carbonyl (C=O) groups excluding carboxylic acids is 2. The van der Waals surface area contributed by atoms with E-state index in [1.165, 1.54) is 37.6 Å². The molecule has 180 valence electrons. The third kappa shape index (κ3) is 6.35. The van der Waals surface area contributed by atoms with Gasteiger partial charge in [-0.3, -0.25) is 9.59 Å². The molecule has 0 aliphatic heterocycles. The van der Waals surface area contributed by atoms with Crippen molar-refractivity contribution in [1.82, 2.24) is 14.9 Å². The third-order valence-corrected chi connectivity index (χ3v) is 7.25. The zero-order valence-corrected chi connectivity index (χ0v) is 19.8. The molecule has 1 aliphatic carbocycles. The topological polar surface area (TPSA) is 118 Å². The Labute approximate surface area is 194 Å². The third-order valence-electron chi connectivity index (χ3n) is 5.83. The van der Waals surface area contributed by atoms with E-state index in [9.17, 15) is 18.0 Å². The molecule has 2 amide bonds. The van der Waals surface area contributed by atoms with Crippen molar-refractivity contribution in [1.29, 1.82) is 0 Å². The first-order chi connectivity index (χ1) is 15.9. The molecule has 2 N–H and O–H groups in total. The van der Waals surface area contributed by atoms with Crippen LogP contribution in [0, 0.1) is 0 Å². The molecule has 0 saturated heterocycles. The maximum absolute atomic E-state index is 13.2. The number of nitrogens with one attached hydrogen (secondary N) is 2. The van der Waals surface area contributed by atoms with Crippen LogP contribution in [0.15, 0.2) is 52.0 Å². The number of carbonyl (C=O) groups is 2. The fourth-order valence-electron chi connectivity index (χ4n) is 4.11. The minimum atomic E-state index is -3.90. The molecule has 1 atom stereocenters. The smallest absolute Gasteiger partial charge is 0.243 e. The second-order valence-corrected chi connectivity index (χ2v) is 9.73. The standard InChI is InChI=1S/C23H31N3O6S/c1-3-21(23(28)24-15-19-9-6-14-32-19)26(17-7-4-5-8-17)22(27)16-25-33(29,30)20-12-10-18(31-2)11-13-20/h6,9-14,17,21,25H,3-5,7-8,15-16H2,1-2H3,(H,24,28)/t21-/m0/s1. The lowest BCUT2D eigenvalue weighted by Gasteiger charge is -2.35. The predicted molar refractivity (Wildman–Crippen MR) is 122 cm³/mol. The van der Waals surface area contributed by atoms with Gasteiger partial charge >= 0.3 is 0 Å². The Hall–Kier alpha value is -2.85. The van der Waals surface area contributed by atoms with Gasteiger partial charge in [-0.2, -0.15) is 0 Å². The summed E-state index contributed by atoms with van der Waals surface area (Å²) in [5.74, 6) is 0.444. The summed E-state index contributed by atoms with van der Waals surface area (Å²) >= 11 is 0. The maximum atomic E-state index is 13.2. The molecule has 1 saturated carbocycles. The van der Waals surface area contributed by atoms with Crippen molar-refractivity contribution in [3.05, 3.63) is 48.4 Å². The molecule has 1 heterocycles. The van der Waals surface area contributed by atoms with E-state index in [2.05, 4.69) is 10.0 Å². The van der Waals surface area contributed by atoms with Crippen molar-refractivity contribution in [2.24, 2.45) is 0 Å².